The first-order valence-electron chi connectivity index (χ1n) is 9.30. The second-order valence-corrected chi connectivity index (χ2v) is 7.85. The monoisotopic (exact) mass is 304 g/mol. The van der Waals surface area contributed by atoms with Crippen molar-refractivity contribution in [3.05, 3.63) is 0 Å². The molecule has 0 bridgehead atoms. The zero-order chi connectivity index (χ0) is 15.1. The number of carbonyl (C=O) groups is 2. The standard InChI is InChI=1S/C18H28N2O2/c21-16-6-3-9-20(16)12-13-7-10-19(11-8-13)18(22)17-14-4-1-2-5-15(14)17/h13-15,17H,1-12H2/t14-,15-/m0/s1. The average molecular weight is 304 g/mol. The molecule has 0 aromatic heterocycles. The highest BCUT2D eigenvalue weighted by Gasteiger charge is 2.55. The number of piperidine rings is 1. The number of fused-ring (bicyclic) bond motifs is 1. The van der Waals surface area contributed by atoms with Crippen LogP contribution in [0.2, 0.25) is 0 Å². The van der Waals surface area contributed by atoms with Gasteiger partial charge in [0.15, 0.2) is 0 Å². The lowest BCUT2D eigenvalue weighted by Crippen LogP contribution is -2.42. The van der Waals surface area contributed by atoms with Crippen molar-refractivity contribution in [2.75, 3.05) is 26.2 Å². The molecule has 4 heteroatoms. The summed E-state index contributed by atoms with van der Waals surface area (Å²) in [6.45, 7) is 3.71. The Kier molecular flexibility index (Phi) is 3.87. The number of carbonyl (C=O) groups excluding carboxylic acids is 2. The van der Waals surface area contributed by atoms with E-state index in [1.54, 1.807) is 0 Å². The molecule has 2 amide bonds. The Morgan fingerprint density at radius 1 is 0.955 bits per heavy atom. The lowest BCUT2D eigenvalue weighted by Gasteiger charge is -2.34. The van der Waals surface area contributed by atoms with Gasteiger partial charge < -0.3 is 9.80 Å². The summed E-state index contributed by atoms with van der Waals surface area (Å²) in [4.78, 5) is 28.6. The van der Waals surface area contributed by atoms with Crippen LogP contribution >= 0.6 is 0 Å². The molecule has 22 heavy (non-hydrogen) atoms. The number of rotatable bonds is 3. The number of hydrogen-bond acceptors (Lipinski definition) is 2. The number of amides is 2. The first-order chi connectivity index (χ1) is 10.7. The fourth-order valence-corrected chi connectivity index (χ4v) is 5.11. The fraction of sp³-hybridized carbons (Fsp3) is 0.889. The van der Waals surface area contributed by atoms with Crippen molar-refractivity contribution in [1.82, 2.24) is 9.80 Å². The summed E-state index contributed by atoms with van der Waals surface area (Å²) < 4.78 is 0. The Hall–Kier alpha value is -1.06. The van der Waals surface area contributed by atoms with Gasteiger partial charge in [-0.1, -0.05) is 12.8 Å². The number of hydrogen-bond donors (Lipinski definition) is 0. The quantitative estimate of drug-likeness (QED) is 0.802. The summed E-state index contributed by atoms with van der Waals surface area (Å²) in [6, 6.07) is 0. The Bertz CT molecular complexity index is 444. The summed E-state index contributed by atoms with van der Waals surface area (Å²) in [7, 11) is 0. The van der Waals surface area contributed by atoms with E-state index in [0.29, 0.717) is 23.7 Å². The van der Waals surface area contributed by atoms with Crippen LogP contribution in [0.5, 0.6) is 0 Å². The van der Waals surface area contributed by atoms with Gasteiger partial charge in [-0.2, -0.15) is 0 Å². The summed E-state index contributed by atoms with van der Waals surface area (Å²) >= 11 is 0. The van der Waals surface area contributed by atoms with E-state index >= 15 is 0 Å². The third-order valence-corrected chi connectivity index (χ3v) is 6.52. The largest absolute Gasteiger partial charge is 0.342 e. The Morgan fingerprint density at radius 3 is 2.23 bits per heavy atom. The first kappa shape index (κ1) is 14.5. The molecule has 0 aromatic rings. The van der Waals surface area contributed by atoms with E-state index in [2.05, 4.69) is 4.90 Å². The molecular formula is C18H28N2O2. The normalized spacial score (nSPS) is 35.6. The Labute approximate surface area is 133 Å². The highest BCUT2D eigenvalue weighted by Crippen LogP contribution is 2.56. The van der Waals surface area contributed by atoms with Crippen molar-refractivity contribution in [3.8, 4) is 0 Å². The zero-order valence-electron chi connectivity index (χ0n) is 13.5. The molecule has 2 aliphatic heterocycles. The van der Waals surface area contributed by atoms with Gasteiger partial charge in [-0.25, -0.2) is 0 Å². The van der Waals surface area contributed by atoms with Crippen molar-refractivity contribution in [3.63, 3.8) is 0 Å². The van der Waals surface area contributed by atoms with Gasteiger partial charge in [0.1, 0.15) is 0 Å². The molecule has 2 atom stereocenters. The van der Waals surface area contributed by atoms with Crippen molar-refractivity contribution in [1.29, 1.82) is 0 Å². The van der Waals surface area contributed by atoms with Gasteiger partial charge in [0.2, 0.25) is 11.8 Å². The lowest BCUT2D eigenvalue weighted by atomic mass is 9.96. The Balaban J connectivity index is 1.25. The van der Waals surface area contributed by atoms with E-state index in [1.165, 1.54) is 25.7 Å². The molecule has 4 aliphatic rings. The molecule has 0 spiro atoms. The number of nitrogens with zero attached hydrogens (tertiary/aromatic N) is 2. The van der Waals surface area contributed by atoms with Crippen molar-refractivity contribution < 1.29 is 9.59 Å². The van der Waals surface area contributed by atoms with Crippen LogP contribution in [0.15, 0.2) is 0 Å². The molecule has 122 valence electrons. The summed E-state index contributed by atoms with van der Waals surface area (Å²) in [5.74, 6) is 3.21. The molecule has 4 nitrogen and oxygen atoms in total. The molecule has 2 saturated heterocycles. The summed E-state index contributed by atoms with van der Waals surface area (Å²) in [5, 5.41) is 0. The smallest absolute Gasteiger partial charge is 0.226 e. The van der Waals surface area contributed by atoms with Gasteiger partial charge in [-0.05, 0) is 49.9 Å². The SMILES string of the molecule is O=C1CCCN1CC1CCN(C(=O)C2[C@H]3CCCC[C@H]23)CC1. The van der Waals surface area contributed by atoms with Crippen LogP contribution < -0.4 is 0 Å². The highest BCUT2D eigenvalue weighted by molar-refractivity contribution is 5.82. The van der Waals surface area contributed by atoms with Gasteiger partial charge in [0.05, 0.1) is 0 Å². The third-order valence-electron chi connectivity index (χ3n) is 6.52. The predicted octanol–water partition coefficient (Wildman–Crippen LogP) is 2.28. The van der Waals surface area contributed by atoms with Crippen LogP contribution in [0.4, 0.5) is 0 Å². The lowest BCUT2D eigenvalue weighted by molar-refractivity contribution is -0.135. The molecule has 0 aromatic carbocycles. The van der Waals surface area contributed by atoms with Crippen LogP contribution in [0.25, 0.3) is 0 Å². The second-order valence-electron chi connectivity index (χ2n) is 7.85. The maximum Gasteiger partial charge on any atom is 0.226 e. The molecule has 0 unspecified atom stereocenters. The van der Waals surface area contributed by atoms with E-state index in [9.17, 15) is 9.59 Å². The van der Waals surface area contributed by atoms with Gasteiger partial charge in [0, 0.05) is 38.5 Å². The van der Waals surface area contributed by atoms with Crippen molar-refractivity contribution in [2.24, 2.45) is 23.7 Å². The zero-order valence-corrected chi connectivity index (χ0v) is 13.5. The minimum atomic E-state index is 0.334. The first-order valence-corrected chi connectivity index (χ1v) is 9.30. The van der Waals surface area contributed by atoms with Gasteiger partial charge in [-0.3, -0.25) is 9.59 Å². The van der Waals surface area contributed by atoms with Gasteiger partial charge in [-0.15, -0.1) is 0 Å². The Morgan fingerprint density at radius 2 is 1.64 bits per heavy atom. The second kappa shape index (κ2) is 5.86. The molecule has 0 radical (unpaired) electrons. The van der Waals surface area contributed by atoms with Gasteiger partial charge in [0.25, 0.3) is 0 Å². The van der Waals surface area contributed by atoms with E-state index in [0.717, 1.165) is 63.7 Å². The predicted molar refractivity (Wildman–Crippen MR) is 84.1 cm³/mol. The number of likely N-dealkylation sites (tertiary alicyclic amines) is 2. The summed E-state index contributed by atoms with van der Waals surface area (Å²) in [5.41, 5.74) is 0. The van der Waals surface area contributed by atoms with E-state index in [4.69, 9.17) is 0 Å². The van der Waals surface area contributed by atoms with Crippen LogP contribution in [0.1, 0.15) is 51.4 Å². The van der Waals surface area contributed by atoms with Crippen LogP contribution in [-0.2, 0) is 9.59 Å². The highest BCUT2D eigenvalue weighted by atomic mass is 16.2. The topological polar surface area (TPSA) is 40.6 Å². The average Bonchev–Trinajstić information content (AvgIpc) is 3.15. The van der Waals surface area contributed by atoms with Crippen LogP contribution in [-0.4, -0.2) is 47.8 Å². The molecule has 2 heterocycles. The fourth-order valence-electron chi connectivity index (χ4n) is 5.11. The molecule has 2 aliphatic carbocycles. The van der Waals surface area contributed by atoms with Crippen LogP contribution in [0, 0.1) is 23.7 Å². The minimum Gasteiger partial charge on any atom is -0.342 e. The molecule has 2 saturated carbocycles. The molecule has 4 rings (SSSR count). The van der Waals surface area contributed by atoms with Crippen LogP contribution in [0.3, 0.4) is 0 Å². The maximum atomic E-state index is 12.7. The van der Waals surface area contributed by atoms with E-state index in [-0.39, 0.29) is 0 Å². The molecular weight excluding hydrogens is 276 g/mol. The van der Waals surface area contributed by atoms with E-state index < -0.39 is 0 Å². The van der Waals surface area contributed by atoms with Crippen molar-refractivity contribution >= 4 is 11.8 Å². The molecule has 4 fully saturated rings. The molecule has 0 N–H and O–H groups in total. The summed E-state index contributed by atoms with van der Waals surface area (Å²) in [6.07, 6.45) is 9.16. The van der Waals surface area contributed by atoms with Gasteiger partial charge >= 0.3 is 0 Å². The third kappa shape index (κ3) is 2.65. The van der Waals surface area contributed by atoms with E-state index in [1.807, 2.05) is 4.90 Å². The maximum absolute atomic E-state index is 12.7. The minimum absolute atomic E-state index is 0.334. The van der Waals surface area contributed by atoms with Crippen molar-refractivity contribution in [2.45, 2.75) is 51.4 Å².